The Morgan fingerprint density at radius 1 is 1.68 bits per heavy atom. The molecule has 1 aliphatic heterocycles. The molecule has 0 bridgehead atoms. The third-order valence-corrected chi connectivity index (χ3v) is 3.04. The van der Waals surface area contributed by atoms with Crippen LogP contribution in [-0.4, -0.2) is 30.5 Å². The number of aliphatic hydroxyl groups is 1. The standard InChI is InChI=1S/C12H13ClFNO4/c1-2-18-12(17)15-9-5-19-10-4-8(14)7(13)3-6(10)11(9)16/h3-4,9,11,16H,2,5H2,1H3,(H,15,17)/t9-,11-/m1/s1. The molecule has 1 aliphatic rings. The van der Waals surface area contributed by atoms with Crippen molar-refractivity contribution in [2.24, 2.45) is 0 Å². The summed E-state index contributed by atoms with van der Waals surface area (Å²) in [7, 11) is 0. The van der Waals surface area contributed by atoms with E-state index in [9.17, 15) is 14.3 Å². The van der Waals surface area contributed by atoms with Crippen molar-refractivity contribution in [1.29, 1.82) is 0 Å². The van der Waals surface area contributed by atoms with Crippen LogP contribution < -0.4 is 10.1 Å². The molecule has 2 rings (SSSR count). The van der Waals surface area contributed by atoms with Crippen molar-refractivity contribution in [2.75, 3.05) is 13.2 Å². The van der Waals surface area contributed by atoms with Crippen molar-refractivity contribution < 1.29 is 23.8 Å². The molecule has 0 fully saturated rings. The molecule has 2 N–H and O–H groups in total. The number of amides is 1. The van der Waals surface area contributed by atoms with Crippen LogP contribution in [0.1, 0.15) is 18.6 Å². The topological polar surface area (TPSA) is 67.8 Å². The molecule has 0 aliphatic carbocycles. The van der Waals surface area contributed by atoms with Gasteiger partial charge in [0.1, 0.15) is 24.3 Å². The van der Waals surface area contributed by atoms with Crippen molar-refractivity contribution in [2.45, 2.75) is 19.1 Å². The van der Waals surface area contributed by atoms with Gasteiger partial charge in [0.15, 0.2) is 0 Å². The van der Waals surface area contributed by atoms with Crippen LogP contribution in [0.5, 0.6) is 5.75 Å². The van der Waals surface area contributed by atoms with Gasteiger partial charge in [-0.3, -0.25) is 0 Å². The molecule has 1 aromatic rings. The Morgan fingerprint density at radius 3 is 3.11 bits per heavy atom. The molecule has 2 atom stereocenters. The summed E-state index contributed by atoms with van der Waals surface area (Å²) in [6.45, 7) is 1.92. The van der Waals surface area contributed by atoms with Crippen LogP contribution in [0.3, 0.4) is 0 Å². The van der Waals surface area contributed by atoms with E-state index in [1.807, 2.05) is 0 Å². The minimum atomic E-state index is -1.04. The first-order valence-corrected chi connectivity index (χ1v) is 6.13. The predicted octanol–water partition coefficient (Wildman–Crippen LogP) is 2.02. The fourth-order valence-corrected chi connectivity index (χ4v) is 2.00. The second kappa shape index (κ2) is 5.63. The van der Waals surface area contributed by atoms with E-state index >= 15 is 0 Å². The lowest BCUT2D eigenvalue weighted by Gasteiger charge is -2.30. The first-order chi connectivity index (χ1) is 9.02. The van der Waals surface area contributed by atoms with Crippen molar-refractivity contribution in [3.05, 3.63) is 28.5 Å². The molecule has 0 radical (unpaired) electrons. The van der Waals surface area contributed by atoms with Crippen LogP contribution in [0.15, 0.2) is 12.1 Å². The first kappa shape index (κ1) is 13.9. The molecular weight excluding hydrogens is 277 g/mol. The summed E-state index contributed by atoms with van der Waals surface area (Å²) in [6.07, 6.45) is -1.68. The number of alkyl carbamates (subject to hydrolysis) is 1. The quantitative estimate of drug-likeness (QED) is 0.874. The molecule has 0 aromatic heterocycles. The van der Waals surface area contributed by atoms with Gasteiger partial charge >= 0.3 is 6.09 Å². The number of hydrogen-bond donors (Lipinski definition) is 2. The van der Waals surface area contributed by atoms with Gasteiger partial charge in [-0.1, -0.05) is 11.6 Å². The van der Waals surface area contributed by atoms with Gasteiger partial charge in [-0.25, -0.2) is 9.18 Å². The SMILES string of the molecule is CCOC(=O)N[C@@H]1COc2cc(F)c(Cl)cc2[C@H]1O. The van der Waals surface area contributed by atoms with Gasteiger partial charge in [-0.05, 0) is 13.0 Å². The predicted molar refractivity (Wildman–Crippen MR) is 65.8 cm³/mol. The van der Waals surface area contributed by atoms with E-state index in [0.717, 1.165) is 6.07 Å². The smallest absolute Gasteiger partial charge is 0.407 e. The van der Waals surface area contributed by atoms with Crippen LogP contribution in [0.2, 0.25) is 5.02 Å². The van der Waals surface area contributed by atoms with Crippen LogP contribution in [0.4, 0.5) is 9.18 Å². The minimum Gasteiger partial charge on any atom is -0.491 e. The van der Waals surface area contributed by atoms with Crippen LogP contribution >= 0.6 is 11.6 Å². The lowest BCUT2D eigenvalue weighted by Crippen LogP contribution is -2.45. The zero-order valence-electron chi connectivity index (χ0n) is 10.2. The van der Waals surface area contributed by atoms with Crippen molar-refractivity contribution >= 4 is 17.7 Å². The molecule has 1 heterocycles. The van der Waals surface area contributed by atoms with E-state index in [1.165, 1.54) is 6.07 Å². The molecule has 1 amide bonds. The normalized spacial score (nSPS) is 21.3. The number of fused-ring (bicyclic) bond motifs is 1. The summed E-state index contributed by atoms with van der Waals surface area (Å²) in [5.41, 5.74) is 0.333. The summed E-state index contributed by atoms with van der Waals surface area (Å²) in [5.74, 6) is -0.402. The Morgan fingerprint density at radius 2 is 2.42 bits per heavy atom. The number of carbonyl (C=O) groups is 1. The number of aliphatic hydroxyl groups excluding tert-OH is 1. The third-order valence-electron chi connectivity index (χ3n) is 2.75. The fourth-order valence-electron chi connectivity index (χ4n) is 1.83. The van der Waals surface area contributed by atoms with E-state index in [1.54, 1.807) is 6.92 Å². The van der Waals surface area contributed by atoms with Gasteiger partial charge in [0.25, 0.3) is 0 Å². The third kappa shape index (κ3) is 2.90. The minimum absolute atomic E-state index is 0.0219. The molecule has 0 unspecified atom stereocenters. The van der Waals surface area contributed by atoms with Gasteiger partial charge in [0, 0.05) is 11.6 Å². The number of rotatable bonds is 2. The molecule has 5 nitrogen and oxygen atoms in total. The molecule has 1 aromatic carbocycles. The van der Waals surface area contributed by atoms with E-state index in [2.05, 4.69) is 5.32 Å². The van der Waals surface area contributed by atoms with Gasteiger partial charge in [0.05, 0.1) is 17.7 Å². The number of ether oxygens (including phenoxy) is 2. The maximum atomic E-state index is 13.3. The average molecular weight is 290 g/mol. The second-order valence-corrected chi connectivity index (χ2v) is 4.44. The van der Waals surface area contributed by atoms with Gasteiger partial charge < -0.3 is 19.9 Å². The van der Waals surface area contributed by atoms with Crippen molar-refractivity contribution in [3.8, 4) is 5.75 Å². The molecule has 0 saturated heterocycles. The van der Waals surface area contributed by atoms with E-state index in [4.69, 9.17) is 21.1 Å². The fraction of sp³-hybridized carbons (Fsp3) is 0.417. The van der Waals surface area contributed by atoms with Gasteiger partial charge in [-0.2, -0.15) is 0 Å². The van der Waals surface area contributed by atoms with Crippen molar-refractivity contribution in [3.63, 3.8) is 0 Å². The second-order valence-electron chi connectivity index (χ2n) is 4.03. The highest BCUT2D eigenvalue weighted by Gasteiger charge is 2.31. The van der Waals surface area contributed by atoms with E-state index < -0.39 is 24.1 Å². The summed E-state index contributed by atoms with van der Waals surface area (Å²) in [5, 5.41) is 12.5. The molecule has 19 heavy (non-hydrogen) atoms. The average Bonchev–Trinajstić information content (AvgIpc) is 2.36. The molecule has 0 spiro atoms. The molecule has 0 saturated carbocycles. The Labute approximate surface area is 114 Å². The number of halogens is 2. The van der Waals surface area contributed by atoms with Crippen LogP contribution in [-0.2, 0) is 4.74 Å². The Hall–Kier alpha value is -1.53. The lowest BCUT2D eigenvalue weighted by molar-refractivity contribution is 0.0661. The Balaban J connectivity index is 2.17. The Bertz CT molecular complexity index is 497. The largest absolute Gasteiger partial charge is 0.491 e. The monoisotopic (exact) mass is 289 g/mol. The zero-order valence-corrected chi connectivity index (χ0v) is 10.9. The summed E-state index contributed by atoms with van der Waals surface area (Å²) in [6, 6.07) is 1.73. The Kier molecular flexibility index (Phi) is 4.11. The van der Waals surface area contributed by atoms with Crippen LogP contribution in [0, 0.1) is 5.82 Å². The highest BCUT2D eigenvalue weighted by Crippen LogP contribution is 2.35. The maximum absolute atomic E-state index is 13.3. The van der Waals surface area contributed by atoms with Gasteiger partial charge in [-0.15, -0.1) is 0 Å². The number of carbonyl (C=O) groups excluding carboxylic acids is 1. The molecule has 7 heteroatoms. The number of benzene rings is 1. The van der Waals surface area contributed by atoms with Gasteiger partial charge in [0.2, 0.25) is 0 Å². The number of hydrogen-bond acceptors (Lipinski definition) is 4. The van der Waals surface area contributed by atoms with E-state index in [0.29, 0.717) is 5.56 Å². The number of nitrogens with one attached hydrogen (secondary N) is 1. The molecule has 104 valence electrons. The molecular formula is C12H13ClFNO4. The van der Waals surface area contributed by atoms with Crippen LogP contribution in [0.25, 0.3) is 0 Å². The van der Waals surface area contributed by atoms with E-state index in [-0.39, 0.29) is 24.0 Å². The first-order valence-electron chi connectivity index (χ1n) is 5.76. The summed E-state index contributed by atoms with van der Waals surface area (Å²) >= 11 is 5.66. The van der Waals surface area contributed by atoms with Crippen molar-refractivity contribution in [1.82, 2.24) is 5.32 Å². The lowest BCUT2D eigenvalue weighted by atomic mass is 9.99. The zero-order chi connectivity index (χ0) is 14.0. The summed E-state index contributed by atoms with van der Waals surface area (Å²) < 4.78 is 23.3. The summed E-state index contributed by atoms with van der Waals surface area (Å²) in [4.78, 5) is 11.3. The maximum Gasteiger partial charge on any atom is 0.407 e. The highest BCUT2D eigenvalue weighted by atomic mass is 35.5. The highest BCUT2D eigenvalue weighted by molar-refractivity contribution is 6.30.